The molecule has 0 aliphatic carbocycles. The van der Waals surface area contributed by atoms with Crippen molar-refractivity contribution in [2.45, 2.75) is 6.54 Å². The number of amides is 1. The monoisotopic (exact) mass is 254 g/mol. The Bertz CT molecular complexity index is 479. The number of hydrogen-bond acceptors (Lipinski definition) is 6. The third kappa shape index (κ3) is 2.37. The summed E-state index contributed by atoms with van der Waals surface area (Å²) < 4.78 is 0. The van der Waals surface area contributed by atoms with Crippen LogP contribution in [0.3, 0.4) is 0 Å². The van der Waals surface area contributed by atoms with Crippen molar-refractivity contribution < 1.29 is 4.79 Å². The fourth-order valence-electron chi connectivity index (χ4n) is 1.21. The summed E-state index contributed by atoms with van der Waals surface area (Å²) in [5, 5.41) is 12.0. The number of carbonyl (C=O) groups is 1. The molecule has 1 amide bonds. The van der Waals surface area contributed by atoms with Gasteiger partial charge in [0.05, 0.1) is 0 Å². The zero-order chi connectivity index (χ0) is 11.5. The first-order chi connectivity index (χ1) is 7.66. The van der Waals surface area contributed by atoms with Crippen LogP contribution in [0, 0.1) is 0 Å². The van der Waals surface area contributed by atoms with E-state index in [0.29, 0.717) is 16.7 Å². The molecule has 0 aliphatic heterocycles. The van der Waals surface area contributed by atoms with E-state index in [1.54, 1.807) is 23.3 Å². The SMILES string of the molecule is CN(Cc1ccsc1)C(=O)c1nnc(N)s1. The van der Waals surface area contributed by atoms with E-state index in [1.807, 2.05) is 16.8 Å². The normalized spacial score (nSPS) is 10.3. The van der Waals surface area contributed by atoms with E-state index in [1.165, 1.54) is 0 Å². The van der Waals surface area contributed by atoms with Crippen molar-refractivity contribution in [2.24, 2.45) is 0 Å². The van der Waals surface area contributed by atoms with Crippen LogP contribution in [0.2, 0.25) is 0 Å². The number of aromatic nitrogens is 2. The first kappa shape index (κ1) is 11.0. The molecule has 0 fully saturated rings. The molecule has 2 aromatic heterocycles. The Morgan fingerprint density at radius 3 is 2.94 bits per heavy atom. The highest BCUT2D eigenvalue weighted by Gasteiger charge is 2.16. The average Bonchev–Trinajstić information content (AvgIpc) is 2.88. The van der Waals surface area contributed by atoms with Crippen molar-refractivity contribution in [3.05, 3.63) is 27.4 Å². The highest BCUT2D eigenvalue weighted by atomic mass is 32.1. The largest absolute Gasteiger partial charge is 0.374 e. The van der Waals surface area contributed by atoms with Gasteiger partial charge in [-0.1, -0.05) is 11.3 Å². The molecule has 2 rings (SSSR count). The van der Waals surface area contributed by atoms with E-state index < -0.39 is 0 Å². The number of rotatable bonds is 3. The van der Waals surface area contributed by atoms with Crippen LogP contribution < -0.4 is 5.73 Å². The number of nitrogens with two attached hydrogens (primary N) is 1. The van der Waals surface area contributed by atoms with Gasteiger partial charge in [-0.05, 0) is 22.4 Å². The molecular formula is C9H10N4OS2. The summed E-state index contributed by atoms with van der Waals surface area (Å²) in [5.74, 6) is -0.152. The smallest absolute Gasteiger partial charge is 0.284 e. The van der Waals surface area contributed by atoms with Gasteiger partial charge in [-0.25, -0.2) is 0 Å². The lowest BCUT2D eigenvalue weighted by atomic mass is 10.3. The van der Waals surface area contributed by atoms with Crippen molar-refractivity contribution in [3.8, 4) is 0 Å². The van der Waals surface area contributed by atoms with Gasteiger partial charge in [0, 0.05) is 13.6 Å². The van der Waals surface area contributed by atoms with Crippen molar-refractivity contribution in [2.75, 3.05) is 12.8 Å². The summed E-state index contributed by atoms with van der Waals surface area (Å²) >= 11 is 2.71. The second-order valence-corrected chi connectivity index (χ2v) is 5.03. The molecule has 0 aromatic carbocycles. The summed E-state index contributed by atoms with van der Waals surface area (Å²) in [5.41, 5.74) is 6.54. The van der Waals surface area contributed by atoms with Crippen LogP contribution in [0.4, 0.5) is 5.13 Å². The van der Waals surface area contributed by atoms with Crippen LogP contribution in [-0.4, -0.2) is 28.1 Å². The molecule has 0 saturated carbocycles. The molecule has 0 radical (unpaired) electrons. The van der Waals surface area contributed by atoms with E-state index in [-0.39, 0.29) is 5.91 Å². The third-order valence-electron chi connectivity index (χ3n) is 1.97. The molecule has 0 bridgehead atoms. The Kier molecular flexibility index (Phi) is 3.16. The molecule has 5 nitrogen and oxygen atoms in total. The van der Waals surface area contributed by atoms with Crippen molar-refractivity contribution >= 4 is 33.7 Å². The summed E-state index contributed by atoms with van der Waals surface area (Å²) in [6, 6.07) is 1.99. The van der Waals surface area contributed by atoms with Crippen molar-refractivity contribution in [1.29, 1.82) is 0 Å². The zero-order valence-corrected chi connectivity index (χ0v) is 10.2. The predicted octanol–water partition coefficient (Wildman–Crippen LogP) is 1.45. The lowest BCUT2D eigenvalue weighted by molar-refractivity contribution is 0.0784. The van der Waals surface area contributed by atoms with Crippen LogP contribution in [0.15, 0.2) is 16.8 Å². The first-order valence-corrected chi connectivity index (χ1v) is 6.28. The molecule has 0 saturated heterocycles. The van der Waals surface area contributed by atoms with Gasteiger partial charge in [0.15, 0.2) is 0 Å². The Morgan fingerprint density at radius 2 is 2.38 bits per heavy atom. The predicted molar refractivity (Wildman–Crippen MR) is 64.4 cm³/mol. The summed E-state index contributed by atoms with van der Waals surface area (Å²) in [6.45, 7) is 0.571. The highest BCUT2D eigenvalue weighted by Crippen LogP contribution is 2.15. The van der Waals surface area contributed by atoms with Crippen LogP contribution in [0.1, 0.15) is 15.4 Å². The number of thiophene rings is 1. The van der Waals surface area contributed by atoms with Gasteiger partial charge < -0.3 is 10.6 Å². The number of carbonyl (C=O) groups excluding carboxylic acids is 1. The molecule has 7 heteroatoms. The molecule has 0 aliphatic rings. The highest BCUT2D eigenvalue weighted by molar-refractivity contribution is 7.16. The number of nitrogens with zero attached hydrogens (tertiary/aromatic N) is 3. The van der Waals surface area contributed by atoms with Crippen LogP contribution in [0.25, 0.3) is 0 Å². The molecule has 16 heavy (non-hydrogen) atoms. The van der Waals surface area contributed by atoms with E-state index >= 15 is 0 Å². The molecule has 2 aromatic rings. The summed E-state index contributed by atoms with van der Waals surface area (Å²) in [4.78, 5) is 13.5. The minimum absolute atomic E-state index is 0.152. The Morgan fingerprint density at radius 1 is 1.56 bits per heavy atom. The fourth-order valence-corrected chi connectivity index (χ4v) is 2.48. The van der Waals surface area contributed by atoms with Gasteiger partial charge in [0.2, 0.25) is 10.1 Å². The molecular weight excluding hydrogens is 244 g/mol. The summed E-state index contributed by atoms with van der Waals surface area (Å²) in [7, 11) is 1.73. The van der Waals surface area contributed by atoms with Crippen LogP contribution in [0.5, 0.6) is 0 Å². The third-order valence-corrected chi connectivity index (χ3v) is 3.44. The molecule has 2 heterocycles. The van der Waals surface area contributed by atoms with Crippen LogP contribution in [-0.2, 0) is 6.54 Å². The molecule has 0 unspecified atom stereocenters. The number of hydrogen-bond donors (Lipinski definition) is 1. The standard InChI is InChI=1S/C9H10N4OS2/c1-13(4-6-2-3-15-5-6)8(14)7-11-12-9(10)16-7/h2-3,5H,4H2,1H3,(H2,10,12). The average molecular weight is 254 g/mol. The summed E-state index contributed by atoms with van der Waals surface area (Å²) in [6.07, 6.45) is 0. The van der Waals surface area contributed by atoms with Gasteiger partial charge in [0.25, 0.3) is 5.91 Å². The minimum Gasteiger partial charge on any atom is -0.374 e. The van der Waals surface area contributed by atoms with E-state index in [9.17, 15) is 4.79 Å². The van der Waals surface area contributed by atoms with E-state index in [4.69, 9.17) is 5.73 Å². The topological polar surface area (TPSA) is 72.1 Å². The lowest BCUT2D eigenvalue weighted by Gasteiger charge is -2.13. The molecule has 84 valence electrons. The lowest BCUT2D eigenvalue weighted by Crippen LogP contribution is -2.25. The van der Waals surface area contributed by atoms with Gasteiger partial charge in [0.1, 0.15) is 0 Å². The van der Waals surface area contributed by atoms with Crippen molar-refractivity contribution in [3.63, 3.8) is 0 Å². The maximum absolute atomic E-state index is 11.9. The van der Waals surface area contributed by atoms with Gasteiger partial charge in [-0.3, -0.25) is 4.79 Å². The molecule has 2 N–H and O–H groups in total. The maximum Gasteiger partial charge on any atom is 0.284 e. The quantitative estimate of drug-likeness (QED) is 0.900. The zero-order valence-electron chi connectivity index (χ0n) is 8.58. The van der Waals surface area contributed by atoms with E-state index in [2.05, 4.69) is 10.2 Å². The Labute approximate surface area is 101 Å². The Balaban J connectivity index is 2.05. The number of anilines is 1. The number of nitrogen functional groups attached to an aromatic ring is 1. The maximum atomic E-state index is 11.9. The van der Waals surface area contributed by atoms with Gasteiger partial charge >= 0.3 is 0 Å². The van der Waals surface area contributed by atoms with Gasteiger partial charge in [-0.2, -0.15) is 11.3 Å². The first-order valence-electron chi connectivity index (χ1n) is 4.52. The fraction of sp³-hybridized carbons (Fsp3) is 0.222. The Hall–Kier alpha value is -1.47. The second-order valence-electron chi connectivity index (χ2n) is 3.24. The van der Waals surface area contributed by atoms with Crippen LogP contribution >= 0.6 is 22.7 Å². The molecule has 0 atom stereocenters. The van der Waals surface area contributed by atoms with Gasteiger partial charge in [-0.15, -0.1) is 10.2 Å². The minimum atomic E-state index is -0.152. The van der Waals surface area contributed by atoms with E-state index in [0.717, 1.165) is 16.9 Å². The molecule has 0 spiro atoms. The second kappa shape index (κ2) is 4.58. The van der Waals surface area contributed by atoms with Crippen molar-refractivity contribution in [1.82, 2.24) is 15.1 Å².